The molecule has 0 saturated carbocycles. The summed E-state index contributed by atoms with van der Waals surface area (Å²) in [7, 11) is -3.98. The monoisotopic (exact) mass is 244 g/mol. The summed E-state index contributed by atoms with van der Waals surface area (Å²) in [5.74, 6) is -0.0952. The SMILES string of the molecule is O=C1OCCN1S(=O)(=O)Nc1ncccn1. The normalized spacial score (nSPS) is 16.0. The molecule has 1 aromatic heterocycles. The Hall–Kier alpha value is -1.90. The van der Waals surface area contributed by atoms with Gasteiger partial charge in [0.15, 0.2) is 0 Å². The Morgan fingerprint density at radius 2 is 2.06 bits per heavy atom. The predicted octanol–water partition coefficient (Wildman–Crippen LogP) is -0.415. The van der Waals surface area contributed by atoms with Gasteiger partial charge in [0.05, 0.1) is 6.54 Å². The van der Waals surface area contributed by atoms with Crippen LogP contribution in [0, 0.1) is 0 Å². The van der Waals surface area contributed by atoms with E-state index in [-0.39, 0.29) is 19.1 Å². The lowest BCUT2D eigenvalue weighted by Crippen LogP contribution is -2.36. The summed E-state index contributed by atoms with van der Waals surface area (Å²) in [4.78, 5) is 18.4. The minimum atomic E-state index is -3.98. The molecule has 1 aliphatic heterocycles. The molecule has 86 valence electrons. The molecule has 0 unspecified atom stereocenters. The van der Waals surface area contributed by atoms with Crippen LogP contribution < -0.4 is 4.72 Å². The summed E-state index contributed by atoms with van der Waals surface area (Å²) in [6, 6.07) is 1.54. The van der Waals surface area contributed by atoms with Crippen LogP contribution >= 0.6 is 0 Å². The Balaban J connectivity index is 2.18. The van der Waals surface area contributed by atoms with Gasteiger partial charge in [-0.15, -0.1) is 0 Å². The molecule has 16 heavy (non-hydrogen) atoms. The highest BCUT2D eigenvalue weighted by Gasteiger charge is 2.33. The molecule has 1 aromatic rings. The van der Waals surface area contributed by atoms with E-state index < -0.39 is 16.3 Å². The molecule has 2 rings (SSSR count). The Labute approximate surface area is 91.4 Å². The van der Waals surface area contributed by atoms with Crippen molar-refractivity contribution in [3.63, 3.8) is 0 Å². The Kier molecular flexibility index (Phi) is 2.60. The number of cyclic esters (lactones) is 1. The largest absolute Gasteiger partial charge is 0.447 e. The maximum atomic E-state index is 11.6. The van der Waals surface area contributed by atoms with Crippen LogP contribution in [0.25, 0.3) is 0 Å². The van der Waals surface area contributed by atoms with Crippen molar-refractivity contribution in [2.75, 3.05) is 17.9 Å². The number of amides is 1. The molecule has 1 saturated heterocycles. The highest BCUT2D eigenvalue weighted by atomic mass is 32.2. The van der Waals surface area contributed by atoms with Crippen molar-refractivity contribution in [3.8, 4) is 0 Å². The van der Waals surface area contributed by atoms with Crippen LogP contribution in [0.15, 0.2) is 18.5 Å². The van der Waals surface area contributed by atoms with E-state index in [0.29, 0.717) is 4.31 Å². The fourth-order valence-electron chi connectivity index (χ4n) is 1.12. The van der Waals surface area contributed by atoms with Crippen LogP contribution in [0.5, 0.6) is 0 Å². The number of rotatable bonds is 3. The van der Waals surface area contributed by atoms with Gasteiger partial charge in [-0.25, -0.2) is 19.5 Å². The molecule has 2 heterocycles. The fraction of sp³-hybridized carbons (Fsp3) is 0.286. The molecule has 1 amide bonds. The number of carbonyl (C=O) groups is 1. The van der Waals surface area contributed by atoms with Crippen LogP contribution in [0.3, 0.4) is 0 Å². The molecule has 0 aliphatic carbocycles. The summed E-state index contributed by atoms with van der Waals surface area (Å²) >= 11 is 0. The highest BCUT2D eigenvalue weighted by molar-refractivity contribution is 7.90. The average Bonchev–Trinajstić information content (AvgIpc) is 2.66. The van der Waals surface area contributed by atoms with E-state index in [2.05, 4.69) is 19.4 Å². The summed E-state index contributed by atoms with van der Waals surface area (Å²) in [6.45, 7) is 0.0381. The zero-order valence-corrected chi connectivity index (χ0v) is 8.85. The second kappa shape index (κ2) is 3.93. The molecule has 1 N–H and O–H groups in total. The lowest BCUT2D eigenvalue weighted by atomic mass is 10.7. The van der Waals surface area contributed by atoms with Crippen molar-refractivity contribution >= 4 is 22.3 Å². The Bertz CT molecular complexity index is 488. The smallest absolute Gasteiger partial charge is 0.425 e. The van der Waals surface area contributed by atoms with Crippen LogP contribution in [-0.2, 0) is 14.9 Å². The van der Waals surface area contributed by atoms with Gasteiger partial charge in [-0.05, 0) is 6.07 Å². The number of hydrogen-bond acceptors (Lipinski definition) is 6. The summed E-state index contributed by atoms with van der Waals surface area (Å²) in [5.41, 5.74) is 0. The zero-order chi connectivity index (χ0) is 11.6. The third-order valence-electron chi connectivity index (χ3n) is 1.80. The number of aromatic nitrogens is 2. The number of nitrogens with one attached hydrogen (secondary N) is 1. The first-order chi connectivity index (χ1) is 7.59. The Morgan fingerprint density at radius 3 is 2.62 bits per heavy atom. The van der Waals surface area contributed by atoms with Crippen LogP contribution in [-0.4, -0.2) is 41.9 Å². The lowest BCUT2D eigenvalue weighted by Gasteiger charge is -2.13. The molecule has 0 spiro atoms. The number of carbonyl (C=O) groups excluding carboxylic acids is 1. The molecule has 9 heteroatoms. The summed E-state index contributed by atoms with van der Waals surface area (Å²) < 4.78 is 30.5. The summed E-state index contributed by atoms with van der Waals surface area (Å²) in [6.07, 6.45) is 1.86. The van der Waals surface area contributed by atoms with Gasteiger partial charge >= 0.3 is 16.3 Å². The fourth-order valence-corrected chi connectivity index (χ4v) is 2.13. The van der Waals surface area contributed by atoms with Gasteiger partial charge in [-0.1, -0.05) is 0 Å². The standard InChI is InChI=1S/C7H8N4O4S/c12-7-11(4-5-15-7)16(13,14)10-6-8-2-1-3-9-6/h1-3H,4-5H2,(H,8,9,10). The van der Waals surface area contributed by atoms with E-state index in [9.17, 15) is 13.2 Å². The molecule has 1 fully saturated rings. The third kappa shape index (κ3) is 2.03. The second-order valence-corrected chi connectivity index (χ2v) is 4.46. The Morgan fingerprint density at radius 1 is 1.38 bits per heavy atom. The first-order valence-corrected chi connectivity index (χ1v) is 5.78. The zero-order valence-electron chi connectivity index (χ0n) is 8.03. The van der Waals surface area contributed by atoms with E-state index >= 15 is 0 Å². The van der Waals surface area contributed by atoms with Gasteiger partial charge in [-0.2, -0.15) is 12.7 Å². The summed E-state index contributed by atoms with van der Waals surface area (Å²) in [5, 5.41) is 0. The van der Waals surface area contributed by atoms with Gasteiger partial charge in [0.1, 0.15) is 6.61 Å². The van der Waals surface area contributed by atoms with Crippen molar-refractivity contribution in [1.82, 2.24) is 14.3 Å². The van der Waals surface area contributed by atoms with Gasteiger partial charge in [0.2, 0.25) is 5.95 Å². The van der Waals surface area contributed by atoms with Crippen molar-refractivity contribution in [2.24, 2.45) is 0 Å². The molecule has 8 nitrogen and oxygen atoms in total. The topological polar surface area (TPSA) is 101 Å². The van der Waals surface area contributed by atoms with Gasteiger partial charge in [0, 0.05) is 12.4 Å². The third-order valence-corrected chi connectivity index (χ3v) is 3.15. The molecule has 0 atom stereocenters. The van der Waals surface area contributed by atoms with E-state index in [4.69, 9.17) is 0 Å². The van der Waals surface area contributed by atoms with Crippen molar-refractivity contribution in [1.29, 1.82) is 0 Å². The van der Waals surface area contributed by atoms with Crippen molar-refractivity contribution in [3.05, 3.63) is 18.5 Å². The first kappa shape index (κ1) is 10.6. The van der Waals surface area contributed by atoms with E-state index in [1.54, 1.807) is 6.07 Å². The van der Waals surface area contributed by atoms with E-state index in [1.165, 1.54) is 12.4 Å². The molecule has 0 aromatic carbocycles. The quantitative estimate of drug-likeness (QED) is 0.775. The number of anilines is 1. The maximum Gasteiger partial charge on any atom is 0.425 e. The average molecular weight is 244 g/mol. The number of nitrogens with zero attached hydrogens (tertiary/aromatic N) is 3. The predicted molar refractivity (Wildman–Crippen MR) is 52.6 cm³/mol. The molecule has 0 radical (unpaired) electrons. The van der Waals surface area contributed by atoms with Crippen LogP contribution in [0.1, 0.15) is 0 Å². The minimum absolute atomic E-state index is 0.0129. The van der Waals surface area contributed by atoms with Gasteiger partial charge < -0.3 is 4.74 Å². The van der Waals surface area contributed by atoms with Crippen LogP contribution in [0.4, 0.5) is 10.7 Å². The van der Waals surface area contributed by atoms with Crippen molar-refractivity contribution in [2.45, 2.75) is 0 Å². The molecular weight excluding hydrogens is 236 g/mol. The lowest BCUT2D eigenvalue weighted by molar-refractivity contribution is 0.170. The minimum Gasteiger partial charge on any atom is -0.447 e. The number of ether oxygens (including phenoxy) is 1. The van der Waals surface area contributed by atoms with E-state index in [1.807, 2.05) is 0 Å². The van der Waals surface area contributed by atoms with E-state index in [0.717, 1.165) is 0 Å². The molecule has 0 bridgehead atoms. The number of hydrogen-bond donors (Lipinski definition) is 1. The van der Waals surface area contributed by atoms with Gasteiger partial charge in [0.25, 0.3) is 0 Å². The van der Waals surface area contributed by atoms with Crippen LogP contribution in [0.2, 0.25) is 0 Å². The molecular formula is C7H8N4O4S. The highest BCUT2D eigenvalue weighted by Crippen LogP contribution is 2.11. The van der Waals surface area contributed by atoms with Gasteiger partial charge in [-0.3, -0.25) is 0 Å². The maximum absolute atomic E-state index is 11.6. The first-order valence-electron chi connectivity index (χ1n) is 4.34. The molecule has 1 aliphatic rings. The van der Waals surface area contributed by atoms with Crippen molar-refractivity contribution < 1.29 is 17.9 Å². The second-order valence-electron chi connectivity index (χ2n) is 2.87.